The largest absolute Gasteiger partial charge is 0.463 e. The molecule has 0 fully saturated rings. The molecule has 0 spiro atoms. The summed E-state index contributed by atoms with van der Waals surface area (Å²) in [4.78, 5) is 27.9. The molecule has 2 heterocycles. The van der Waals surface area contributed by atoms with Gasteiger partial charge in [0, 0.05) is 31.8 Å². The molecule has 0 atom stereocenters. The Labute approximate surface area is 235 Å². The molecule has 0 saturated carbocycles. The molecule has 0 unspecified atom stereocenters. The van der Waals surface area contributed by atoms with Gasteiger partial charge in [0.2, 0.25) is 0 Å². The van der Waals surface area contributed by atoms with Gasteiger partial charge in [-0.25, -0.2) is 18.7 Å². The summed E-state index contributed by atoms with van der Waals surface area (Å²) in [5.74, 6) is -0.579. The average Bonchev–Trinajstić information content (AvgIpc) is 3.50. The monoisotopic (exact) mass is 582 g/mol. The minimum atomic E-state index is -4.73. The van der Waals surface area contributed by atoms with Crippen LogP contribution in [-0.2, 0) is 22.2 Å². The highest BCUT2D eigenvalue weighted by Gasteiger charge is 2.36. The lowest BCUT2D eigenvalue weighted by Crippen LogP contribution is -2.43. The molecule has 3 aromatic rings. The summed E-state index contributed by atoms with van der Waals surface area (Å²) in [6.07, 6.45) is -4.80. The summed E-state index contributed by atoms with van der Waals surface area (Å²) in [5.41, 5.74) is -2.65. The first-order valence-corrected chi connectivity index (χ1v) is 12.8. The Kier molecular flexibility index (Phi) is 9.09. The molecule has 3 rings (SSSR count). The highest BCUT2D eigenvalue weighted by molar-refractivity contribution is 5.69. The third-order valence-corrected chi connectivity index (χ3v) is 5.47. The second-order valence-corrected chi connectivity index (χ2v) is 11.4. The van der Waals surface area contributed by atoms with Crippen LogP contribution < -0.4 is 0 Å². The van der Waals surface area contributed by atoms with Crippen LogP contribution in [0.5, 0.6) is 0 Å². The second kappa shape index (κ2) is 11.8. The van der Waals surface area contributed by atoms with E-state index in [0.717, 1.165) is 16.8 Å². The van der Waals surface area contributed by atoms with Crippen molar-refractivity contribution >= 4 is 12.2 Å². The first kappa shape index (κ1) is 31.5. The predicted octanol–water partition coefficient (Wildman–Crippen LogP) is 6.89. The Morgan fingerprint density at radius 3 is 2.15 bits per heavy atom. The number of amides is 2. The Bertz CT molecular complexity index is 1360. The molecular formula is C28H34F4N4O5. The summed E-state index contributed by atoms with van der Waals surface area (Å²) in [5, 5.41) is 3.70. The summed E-state index contributed by atoms with van der Waals surface area (Å²) < 4.78 is 72.7. The van der Waals surface area contributed by atoms with Crippen molar-refractivity contribution < 1.29 is 41.0 Å². The van der Waals surface area contributed by atoms with Crippen LogP contribution in [0.4, 0.5) is 27.2 Å². The van der Waals surface area contributed by atoms with E-state index >= 15 is 4.39 Å². The number of halogens is 4. The number of carbonyl (C=O) groups is 2. The smallest absolute Gasteiger partial charge is 0.435 e. The SMILES string of the molecule is CN(CCN(Cc1cc(-n2nc(C(F)(F)F)cc2-c2ccco2)ccc1F)C(=O)OC(C)(C)C)C(=O)OC(C)(C)C. The molecule has 0 aliphatic heterocycles. The third-order valence-electron chi connectivity index (χ3n) is 5.47. The fourth-order valence-corrected chi connectivity index (χ4v) is 3.60. The van der Waals surface area contributed by atoms with Crippen molar-refractivity contribution in [3.05, 3.63) is 59.7 Å². The third kappa shape index (κ3) is 8.73. The van der Waals surface area contributed by atoms with E-state index in [1.54, 1.807) is 41.5 Å². The molecule has 2 aromatic heterocycles. The van der Waals surface area contributed by atoms with Gasteiger partial charge >= 0.3 is 18.4 Å². The molecule has 224 valence electrons. The number of ether oxygens (including phenoxy) is 2. The van der Waals surface area contributed by atoms with Gasteiger partial charge in [-0.15, -0.1) is 0 Å². The zero-order valence-corrected chi connectivity index (χ0v) is 24.0. The number of hydrogen-bond acceptors (Lipinski definition) is 6. The molecule has 0 radical (unpaired) electrons. The van der Waals surface area contributed by atoms with E-state index in [9.17, 15) is 22.8 Å². The lowest BCUT2D eigenvalue weighted by molar-refractivity contribution is -0.141. The Balaban J connectivity index is 1.94. The van der Waals surface area contributed by atoms with Gasteiger partial charge in [0.15, 0.2) is 11.5 Å². The van der Waals surface area contributed by atoms with Crippen molar-refractivity contribution in [3.8, 4) is 17.1 Å². The fraction of sp³-hybridized carbons (Fsp3) is 0.464. The predicted molar refractivity (Wildman–Crippen MR) is 142 cm³/mol. The van der Waals surface area contributed by atoms with Gasteiger partial charge < -0.3 is 23.7 Å². The van der Waals surface area contributed by atoms with Crippen molar-refractivity contribution in [3.63, 3.8) is 0 Å². The minimum absolute atomic E-state index is 0.00265. The number of furan rings is 1. The van der Waals surface area contributed by atoms with Gasteiger partial charge in [-0.1, -0.05) is 0 Å². The number of nitrogens with zero attached hydrogens (tertiary/aromatic N) is 4. The van der Waals surface area contributed by atoms with Crippen LogP contribution >= 0.6 is 0 Å². The highest BCUT2D eigenvalue weighted by Crippen LogP contribution is 2.33. The summed E-state index contributed by atoms with van der Waals surface area (Å²) in [6, 6.07) is 7.47. The van der Waals surface area contributed by atoms with E-state index in [1.807, 2.05) is 0 Å². The molecule has 0 aliphatic carbocycles. The van der Waals surface area contributed by atoms with Crippen molar-refractivity contribution in [2.45, 2.75) is 65.5 Å². The number of rotatable bonds is 7. The molecule has 41 heavy (non-hydrogen) atoms. The number of hydrogen-bond donors (Lipinski definition) is 0. The molecule has 0 aliphatic rings. The zero-order valence-electron chi connectivity index (χ0n) is 24.0. The lowest BCUT2D eigenvalue weighted by atomic mass is 10.1. The van der Waals surface area contributed by atoms with Crippen molar-refractivity contribution in [2.24, 2.45) is 0 Å². The normalized spacial score (nSPS) is 12.3. The molecule has 13 heteroatoms. The first-order valence-electron chi connectivity index (χ1n) is 12.8. The number of carbonyl (C=O) groups excluding carboxylic acids is 2. The van der Waals surface area contributed by atoms with Gasteiger partial charge in [-0.05, 0) is 71.9 Å². The molecule has 2 amide bonds. The van der Waals surface area contributed by atoms with Gasteiger partial charge in [0.25, 0.3) is 0 Å². The first-order chi connectivity index (χ1) is 18.8. The van der Waals surface area contributed by atoms with Crippen LogP contribution in [0.3, 0.4) is 0 Å². The molecule has 0 saturated heterocycles. The van der Waals surface area contributed by atoms with Crippen LogP contribution in [0.2, 0.25) is 0 Å². The number of benzene rings is 1. The molecular weight excluding hydrogens is 548 g/mol. The quantitative estimate of drug-likeness (QED) is 0.282. The fourth-order valence-electron chi connectivity index (χ4n) is 3.60. The van der Waals surface area contributed by atoms with Crippen LogP contribution in [0.1, 0.15) is 52.8 Å². The van der Waals surface area contributed by atoms with Gasteiger partial charge in [0.1, 0.15) is 22.7 Å². The number of aromatic nitrogens is 2. The van der Waals surface area contributed by atoms with Crippen molar-refractivity contribution in [2.75, 3.05) is 20.1 Å². The van der Waals surface area contributed by atoms with E-state index in [2.05, 4.69) is 5.10 Å². The van der Waals surface area contributed by atoms with E-state index in [1.165, 1.54) is 47.4 Å². The van der Waals surface area contributed by atoms with Gasteiger partial charge in [-0.3, -0.25) is 0 Å². The molecule has 0 N–H and O–H groups in total. The van der Waals surface area contributed by atoms with E-state index in [4.69, 9.17) is 13.9 Å². The van der Waals surface area contributed by atoms with E-state index < -0.39 is 41.1 Å². The topological polar surface area (TPSA) is 90.0 Å². The average molecular weight is 583 g/mol. The van der Waals surface area contributed by atoms with Crippen molar-refractivity contribution in [1.29, 1.82) is 0 Å². The lowest BCUT2D eigenvalue weighted by Gasteiger charge is -2.30. The van der Waals surface area contributed by atoms with Crippen LogP contribution in [0, 0.1) is 5.82 Å². The van der Waals surface area contributed by atoms with E-state index in [0.29, 0.717) is 0 Å². The van der Waals surface area contributed by atoms with Crippen LogP contribution in [-0.4, -0.2) is 63.1 Å². The zero-order chi connectivity index (χ0) is 30.8. The van der Waals surface area contributed by atoms with Gasteiger partial charge in [-0.2, -0.15) is 18.3 Å². The van der Waals surface area contributed by atoms with Crippen molar-refractivity contribution in [1.82, 2.24) is 19.6 Å². The Morgan fingerprint density at radius 2 is 1.59 bits per heavy atom. The summed E-state index contributed by atoms with van der Waals surface area (Å²) >= 11 is 0. The second-order valence-electron chi connectivity index (χ2n) is 11.4. The maximum Gasteiger partial charge on any atom is 0.435 e. The van der Waals surface area contributed by atoms with E-state index in [-0.39, 0.29) is 42.3 Å². The van der Waals surface area contributed by atoms with Crippen LogP contribution in [0.15, 0.2) is 47.1 Å². The highest BCUT2D eigenvalue weighted by atomic mass is 19.4. The standard InChI is InChI=1S/C28H34F4N4O5/c1-26(2,3)40-24(37)34(7)12-13-35(25(38)41-27(4,5)6)17-18-15-19(10-11-20(18)29)36-21(22-9-8-14-39-22)16-23(33-36)28(30,31)32/h8-11,14-16H,12-13,17H2,1-7H3. The van der Waals surface area contributed by atoms with Crippen LogP contribution in [0.25, 0.3) is 17.1 Å². The number of likely N-dealkylation sites (N-methyl/N-ethyl adjacent to an activating group) is 1. The molecule has 9 nitrogen and oxygen atoms in total. The summed E-state index contributed by atoms with van der Waals surface area (Å²) in [7, 11) is 1.49. The summed E-state index contributed by atoms with van der Waals surface area (Å²) in [6.45, 7) is 9.84. The number of alkyl halides is 3. The molecule has 0 bridgehead atoms. The minimum Gasteiger partial charge on any atom is -0.463 e. The Morgan fingerprint density at radius 1 is 0.951 bits per heavy atom. The van der Waals surface area contributed by atoms with Gasteiger partial charge in [0.05, 0.1) is 18.5 Å². The maximum absolute atomic E-state index is 15.0. The Hall–Kier alpha value is -4.03. The maximum atomic E-state index is 15.0. The molecule has 1 aromatic carbocycles.